The molecule has 10 nitrogen and oxygen atoms in total. The summed E-state index contributed by atoms with van der Waals surface area (Å²) >= 11 is 0. The second-order valence-electron chi connectivity index (χ2n) is 10.5. The third-order valence-electron chi connectivity index (χ3n) is 6.97. The summed E-state index contributed by atoms with van der Waals surface area (Å²) in [5, 5.41) is -0.420. The van der Waals surface area contributed by atoms with Gasteiger partial charge in [0, 0.05) is 26.7 Å². The molecule has 0 spiro atoms. The van der Waals surface area contributed by atoms with Crippen molar-refractivity contribution in [2.75, 3.05) is 30.4 Å². The first-order valence-electron chi connectivity index (χ1n) is 12.4. The van der Waals surface area contributed by atoms with E-state index >= 15 is 4.39 Å². The largest absolute Gasteiger partial charge is 0.472 e. The van der Waals surface area contributed by atoms with Gasteiger partial charge in [-0.3, -0.25) is 4.79 Å². The zero-order chi connectivity index (χ0) is 27.0. The van der Waals surface area contributed by atoms with Gasteiger partial charge in [-0.1, -0.05) is 13.0 Å². The lowest BCUT2D eigenvalue weighted by Gasteiger charge is -2.34. The topological polar surface area (TPSA) is 137 Å². The highest BCUT2D eigenvalue weighted by atomic mass is 32.2. The van der Waals surface area contributed by atoms with Gasteiger partial charge in [0.25, 0.3) is 21.8 Å². The lowest BCUT2D eigenvalue weighted by Crippen LogP contribution is -2.41. The third kappa shape index (κ3) is 5.96. The van der Waals surface area contributed by atoms with E-state index in [1.54, 1.807) is 0 Å². The van der Waals surface area contributed by atoms with Crippen LogP contribution in [0.3, 0.4) is 0 Å². The molecule has 2 saturated heterocycles. The Kier molecular flexibility index (Phi) is 7.61. The second-order valence-corrected chi connectivity index (χ2v) is 12.1. The predicted octanol–water partition coefficient (Wildman–Crippen LogP) is 3.38. The summed E-state index contributed by atoms with van der Waals surface area (Å²) in [5.41, 5.74) is 4.99. The first-order valence-corrected chi connectivity index (χ1v) is 13.9. The van der Waals surface area contributed by atoms with Gasteiger partial charge in [0.2, 0.25) is 0 Å². The molecule has 204 valence electrons. The zero-order valence-electron chi connectivity index (χ0n) is 21.5. The van der Waals surface area contributed by atoms with E-state index < -0.39 is 32.3 Å². The van der Waals surface area contributed by atoms with Crippen LogP contribution in [0.5, 0.6) is 5.88 Å². The molecule has 0 aromatic carbocycles. The van der Waals surface area contributed by atoms with E-state index in [9.17, 15) is 13.2 Å². The maximum absolute atomic E-state index is 15.3. The van der Waals surface area contributed by atoms with E-state index in [0.717, 1.165) is 25.3 Å². The Labute approximate surface area is 218 Å². The number of rotatable bonds is 7. The quantitative estimate of drug-likeness (QED) is 0.544. The summed E-state index contributed by atoms with van der Waals surface area (Å²) in [5.74, 6) is -1.48. The van der Waals surface area contributed by atoms with E-state index in [0.29, 0.717) is 19.8 Å². The van der Waals surface area contributed by atoms with Crippen molar-refractivity contribution in [3.05, 3.63) is 35.6 Å². The van der Waals surface area contributed by atoms with Crippen molar-refractivity contribution in [2.24, 2.45) is 11.8 Å². The number of amides is 1. The van der Waals surface area contributed by atoms with Crippen LogP contribution in [0.2, 0.25) is 0 Å². The van der Waals surface area contributed by atoms with Crippen molar-refractivity contribution in [2.45, 2.75) is 63.6 Å². The molecule has 37 heavy (non-hydrogen) atoms. The molecule has 4 heterocycles. The molecule has 0 radical (unpaired) electrons. The maximum Gasteiger partial charge on any atom is 0.281 e. The van der Waals surface area contributed by atoms with Gasteiger partial charge >= 0.3 is 0 Å². The summed E-state index contributed by atoms with van der Waals surface area (Å²) in [4.78, 5) is 23.4. The Hall–Kier alpha value is -2.99. The lowest BCUT2D eigenvalue weighted by molar-refractivity contribution is 0.0213. The molecule has 2 fully saturated rings. The molecular weight excluding hydrogens is 501 g/mol. The molecule has 2 aromatic rings. The normalized spacial score (nSPS) is 21.0. The Morgan fingerprint density at radius 3 is 2.65 bits per heavy atom. The van der Waals surface area contributed by atoms with Gasteiger partial charge in [0.1, 0.15) is 17.7 Å². The van der Waals surface area contributed by atoms with Crippen molar-refractivity contribution >= 4 is 27.6 Å². The first-order chi connectivity index (χ1) is 17.4. The van der Waals surface area contributed by atoms with Crippen molar-refractivity contribution < 1.29 is 28.5 Å². The average molecular weight is 538 g/mol. The number of ether oxygens (including phenoxy) is 2. The van der Waals surface area contributed by atoms with Gasteiger partial charge < -0.3 is 20.1 Å². The van der Waals surface area contributed by atoms with Crippen molar-refractivity contribution in [1.82, 2.24) is 14.7 Å². The summed E-state index contributed by atoms with van der Waals surface area (Å²) < 4.78 is 54.3. The number of nitrogens with one attached hydrogen (secondary N) is 1. The van der Waals surface area contributed by atoms with Crippen molar-refractivity contribution in [3.63, 3.8) is 0 Å². The number of sulfonamides is 1. The smallest absolute Gasteiger partial charge is 0.281 e. The van der Waals surface area contributed by atoms with Crippen molar-refractivity contribution in [1.29, 1.82) is 0 Å². The van der Waals surface area contributed by atoms with Crippen LogP contribution in [-0.4, -0.2) is 55.7 Å². The lowest BCUT2D eigenvalue weighted by atomic mass is 9.95. The van der Waals surface area contributed by atoms with Crippen LogP contribution < -0.4 is 20.1 Å². The maximum atomic E-state index is 15.3. The van der Waals surface area contributed by atoms with Gasteiger partial charge in [0.05, 0.1) is 5.56 Å². The molecule has 1 amide bonds. The van der Waals surface area contributed by atoms with E-state index in [4.69, 9.17) is 15.2 Å². The second kappa shape index (κ2) is 10.4. The molecule has 2 aromatic heterocycles. The minimum absolute atomic E-state index is 0. The van der Waals surface area contributed by atoms with Gasteiger partial charge in [-0.15, -0.1) is 0 Å². The van der Waals surface area contributed by atoms with E-state index in [1.165, 1.54) is 18.2 Å². The molecule has 12 heteroatoms. The molecule has 0 saturated carbocycles. The number of carbonyl (C=O) groups is 1. The van der Waals surface area contributed by atoms with E-state index in [-0.39, 0.29) is 42.4 Å². The van der Waals surface area contributed by atoms with Crippen LogP contribution in [-0.2, 0) is 14.8 Å². The van der Waals surface area contributed by atoms with Crippen LogP contribution in [0.25, 0.3) is 0 Å². The average Bonchev–Trinajstić information content (AvgIpc) is 3.11. The number of hydrogen-bond acceptors (Lipinski definition) is 9. The van der Waals surface area contributed by atoms with E-state index in [2.05, 4.69) is 16.9 Å². The molecule has 0 bridgehead atoms. The van der Waals surface area contributed by atoms with Crippen molar-refractivity contribution in [3.8, 4) is 5.88 Å². The summed E-state index contributed by atoms with van der Waals surface area (Å²) in [6.45, 7) is 9.74. The number of anilines is 2. The van der Waals surface area contributed by atoms with Crippen LogP contribution in [0, 0.1) is 17.7 Å². The highest BCUT2D eigenvalue weighted by Crippen LogP contribution is 2.39. The molecule has 3 N–H and O–H groups in total. The molecule has 2 aliphatic heterocycles. The number of pyridine rings is 2. The monoisotopic (exact) mass is 537 g/mol. The van der Waals surface area contributed by atoms with Gasteiger partial charge in [-0.2, -0.15) is 13.4 Å². The number of nitrogens with two attached hydrogens (primary N) is 1. The number of carbonyl (C=O) groups excluding carboxylic acids is 1. The Morgan fingerprint density at radius 2 is 2.03 bits per heavy atom. The molecular formula is C25H36FN5O5S. The molecule has 1 unspecified atom stereocenters. The summed E-state index contributed by atoms with van der Waals surface area (Å²) in [6.07, 6.45) is 2.08. The number of aromatic nitrogens is 2. The standard InChI is InChI=1S/C25H34FN5O5S.H2/c1-15-13-25(3,4)31(14-15)22-18(23(32)30-37(33,34)21-7-5-6-20(27)28-21)12-19(26)24(29-22)36-16(2)17-8-10-35-11-9-17;/h5-7,12,15-17H,8-11,13-14H2,1-4H3,(H2,27,28)(H,30,32);1H/t15-,16?;/m0./s1. The minimum Gasteiger partial charge on any atom is -0.472 e. The fraction of sp³-hybridized carbons (Fsp3) is 0.560. The van der Waals surface area contributed by atoms with Gasteiger partial charge in [-0.05, 0) is 70.1 Å². The fourth-order valence-corrected chi connectivity index (χ4v) is 6.09. The fourth-order valence-electron chi connectivity index (χ4n) is 5.15. The third-order valence-corrected chi connectivity index (χ3v) is 8.20. The predicted molar refractivity (Wildman–Crippen MR) is 138 cm³/mol. The van der Waals surface area contributed by atoms with E-state index in [1.807, 2.05) is 30.4 Å². The number of nitrogens with zero attached hydrogens (tertiary/aromatic N) is 3. The molecule has 0 aliphatic carbocycles. The zero-order valence-corrected chi connectivity index (χ0v) is 22.3. The van der Waals surface area contributed by atoms with Crippen LogP contribution >= 0.6 is 0 Å². The Bertz CT molecular complexity index is 1270. The number of nitrogen functional groups attached to an aromatic ring is 1. The minimum atomic E-state index is -4.37. The first kappa shape index (κ1) is 27.1. The number of hydrogen-bond donors (Lipinski definition) is 2. The van der Waals surface area contributed by atoms with Crippen LogP contribution in [0.1, 0.15) is 58.7 Å². The van der Waals surface area contributed by atoms with Gasteiger partial charge in [-0.25, -0.2) is 14.1 Å². The van der Waals surface area contributed by atoms with Gasteiger partial charge in [0.15, 0.2) is 10.8 Å². The Balaban J connectivity index is 0.00000400. The highest BCUT2D eigenvalue weighted by Gasteiger charge is 2.40. The number of halogens is 1. The summed E-state index contributed by atoms with van der Waals surface area (Å²) in [6, 6.07) is 5.04. The molecule has 2 atom stereocenters. The molecule has 2 aliphatic rings. The highest BCUT2D eigenvalue weighted by molar-refractivity contribution is 7.90. The van der Waals surface area contributed by atoms with Crippen LogP contribution in [0.15, 0.2) is 29.3 Å². The van der Waals surface area contributed by atoms with Crippen LogP contribution in [0.4, 0.5) is 16.0 Å². The molecule has 4 rings (SSSR count). The summed E-state index contributed by atoms with van der Waals surface area (Å²) in [7, 11) is -4.37. The SMILES string of the molecule is CC(Oc1nc(N2C[C@@H](C)CC2(C)C)c(C(=O)NS(=O)(=O)c2cccc(N)n2)cc1F)C1CCOCC1.[HH]. The Morgan fingerprint density at radius 1 is 1.32 bits per heavy atom.